The van der Waals surface area contributed by atoms with Crippen LogP contribution in [-0.2, 0) is 6.42 Å². The van der Waals surface area contributed by atoms with Gasteiger partial charge in [0.25, 0.3) is 0 Å². The molecule has 2 aromatic rings. The number of anilines is 1. The van der Waals surface area contributed by atoms with Gasteiger partial charge in [-0.3, -0.25) is 0 Å². The van der Waals surface area contributed by atoms with Crippen molar-refractivity contribution in [3.05, 3.63) is 51.9 Å². The monoisotopic (exact) mass is 421 g/mol. The van der Waals surface area contributed by atoms with Gasteiger partial charge in [0.2, 0.25) is 0 Å². The zero-order chi connectivity index (χ0) is 20.8. The number of fused-ring (bicyclic) bond motifs is 3. The fraction of sp³-hybridized carbons (Fsp3) is 0.409. The molecule has 2 aliphatic carbocycles. The van der Waals surface area contributed by atoms with Crippen molar-refractivity contribution in [1.29, 1.82) is 5.26 Å². The molecule has 0 amide bonds. The Morgan fingerprint density at radius 1 is 1.17 bits per heavy atom. The molecule has 5 rings (SSSR count). The first-order valence-electron chi connectivity index (χ1n) is 10.2. The highest BCUT2D eigenvalue weighted by molar-refractivity contribution is 6.30. The summed E-state index contributed by atoms with van der Waals surface area (Å²) in [6.07, 6.45) is 6.38. The number of hydrazone groups is 1. The lowest BCUT2D eigenvalue weighted by atomic mass is 9.76. The van der Waals surface area contributed by atoms with Crippen LogP contribution in [0.15, 0.2) is 29.4 Å². The van der Waals surface area contributed by atoms with Gasteiger partial charge in [0.15, 0.2) is 5.82 Å². The molecule has 3 heterocycles. The summed E-state index contributed by atoms with van der Waals surface area (Å²) >= 11 is 6.22. The van der Waals surface area contributed by atoms with Crippen LogP contribution in [0.2, 0.25) is 5.15 Å². The summed E-state index contributed by atoms with van der Waals surface area (Å²) < 4.78 is 0. The molecule has 152 valence electrons. The number of hydrogen-bond acceptors (Lipinski definition) is 6. The molecular formula is C22H20ClN5O2. The Labute approximate surface area is 179 Å². The third-order valence-electron chi connectivity index (χ3n) is 6.49. The SMILES string of the molecule is N#Cc1ccc(N2N=C3c4ccc(C(=O)O)nc4CCC3C2C2CCCC2)nc1Cl. The molecule has 3 aliphatic rings. The van der Waals surface area contributed by atoms with E-state index in [-0.39, 0.29) is 22.8 Å². The molecule has 0 saturated heterocycles. The minimum absolute atomic E-state index is 0.0653. The van der Waals surface area contributed by atoms with E-state index in [1.165, 1.54) is 12.8 Å². The van der Waals surface area contributed by atoms with Crippen LogP contribution in [0.5, 0.6) is 0 Å². The second-order valence-corrected chi connectivity index (χ2v) is 8.48. The van der Waals surface area contributed by atoms with Crippen LogP contribution in [0.25, 0.3) is 0 Å². The lowest BCUT2D eigenvalue weighted by molar-refractivity contribution is 0.0690. The smallest absolute Gasteiger partial charge is 0.354 e. The molecule has 2 atom stereocenters. The van der Waals surface area contributed by atoms with Crippen LogP contribution >= 0.6 is 11.6 Å². The number of nitrogens with zero attached hydrogens (tertiary/aromatic N) is 5. The number of aromatic nitrogens is 2. The number of carboxylic acids is 1. The summed E-state index contributed by atoms with van der Waals surface area (Å²) in [5, 5.41) is 25.6. The molecule has 0 aromatic carbocycles. The molecule has 30 heavy (non-hydrogen) atoms. The van der Waals surface area contributed by atoms with Gasteiger partial charge in [-0.05, 0) is 55.9 Å². The fourth-order valence-electron chi connectivity index (χ4n) is 5.15. The Bertz CT molecular complexity index is 1100. The van der Waals surface area contributed by atoms with Gasteiger partial charge in [0, 0.05) is 11.5 Å². The quantitative estimate of drug-likeness (QED) is 0.750. The number of aromatic carboxylic acids is 1. The third-order valence-corrected chi connectivity index (χ3v) is 6.78. The first-order valence-corrected chi connectivity index (χ1v) is 10.6. The van der Waals surface area contributed by atoms with E-state index in [0.717, 1.165) is 42.7 Å². The molecule has 1 aliphatic heterocycles. The first-order chi connectivity index (χ1) is 14.6. The number of pyridine rings is 2. The second kappa shape index (κ2) is 7.37. The van der Waals surface area contributed by atoms with E-state index < -0.39 is 5.97 Å². The standard InChI is InChI=1S/C22H20ClN5O2/c23-21-13(11-24)5-10-18(26-21)28-20(12-3-1-2-4-12)15-7-8-16-14(19(15)27-28)6-9-17(25-16)22(29)30/h5-6,9-10,12,15,20H,1-4,7-8H2,(H,29,30). The van der Waals surface area contributed by atoms with E-state index >= 15 is 0 Å². The minimum Gasteiger partial charge on any atom is -0.477 e. The third kappa shape index (κ3) is 3.03. The van der Waals surface area contributed by atoms with Gasteiger partial charge in [-0.2, -0.15) is 10.4 Å². The number of halogens is 1. The van der Waals surface area contributed by atoms with Gasteiger partial charge < -0.3 is 5.11 Å². The number of carbonyl (C=O) groups is 1. The molecule has 7 nitrogen and oxygen atoms in total. The highest BCUT2D eigenvalue weighted by Crippen LogP contribution is 2.44. The van der Waals surface area contributed by atoms with Crippen LogP contribution in [0, 0.1) is 23.2 Å². The normalized spacial score (nSPS) is 22.9. The molecule has 0 bridgehead atoms. The molecule has 0 radical (unpaired) electrons. The van der Waals surface area contributed by atoms with Gasteiger partial charge in [-0.25, -0.2) is 19.8 Å². The van der Waals surface area contributed by atoms with E-state index in [4.69, 9.17) is 16.7 Å². The van der Waals surface area contributed by atoms with Crippen molar-refractivity contribution in [1.82, 2.24) is 9.97 Å². The summed E-state index contributed by atoms with van der Waals surface area (Å²) in [5.74, 6) is 0.388. The van der Waals surface area contributed by atoms with Crippen molar-refractivity contribution in [3.63, 3.8) is 0 Å². The molecule has 8 heteroatoms. The fourth-order valence-corrected chi connectivity index (χ4v) is 5.35. The molecule has 2 aromatic heterocycles. The highest BCUT2D eigenvalue weighted by atomic mass is 35.5. The topological polar surface area (TPSA) is 102 Å². The largest absolute Gasteiger partial charge is 0.477 e. The van der Waals surface area contributed by atoms with E-state index in [2.05, 4.69) is 16.0 Å². The van der Waals surface area contributed by atoms with Gasteiger partial charge in [-0.15, -0.1) is 0 Å². The summed E-state index contributed by atoms with van der Waals surface area (Å²) in [4.78, 5) is 20.1. The van der Waals surface area contributed by atoms with Crippen LogP contribution in [0.3, 0.4) is 0 Å². The van der Waals surface area contributed by atoms with E-state index in [1.807, 2.05) is 11.1 Å². The highest BCUT2D eigenvalue weighted by Gasteiger charge is 2.46. The number of hydrogen-bond donors (Lipinski definition) is 1. The van der Waals surface area contributed by atoms with Crippen molar-refractivity contribution >= 4 is 29.1 Å². The number of aryl methyl sites for hydroxylation is 1. The predicted molar refractivity (Wildman–Crippen MR) is 112 cm³/mol. The van der Waals surface area contributed by atoms with Gasteiger partial charge in [0.05, 0.1) is 23.0 Å². The van der Waals surface area contributed by atoms with Crippen molar-refractivity contribution in [3.8, 4) is 6.07 Å². The van der Waals surface area contributed by atoms with E-state index in [1.54, 1.807) is 18.2 Å². The Balaban J connectivity index is 1.59. The zero-order valence-electron chi connectivity index (χ0n) is 16.3. The molecular weight excluding hydrogens is 402 g/mol. The molecule has 0 spiro atoms. The Hall–Kier alpha value is -2.98. The summed E-state index contributed by atoms with van der Waals surface area (Å²) in [7, 11) is 0. The predicted octanol–water partition coefficient (Wildman–Crippen LogP) is 4.05. The van der Waals surface area contributed by atoms with Gasteiger partial charge in [0.1, 0.15) is 16.9 Å². The maximum Gasteiger partial charge on any atom is 0.354 e. The van der Waals surface area contributed by atoms with Crippen molar-refractivity contribution < 1.29 is 9.90 Å². The van der Waals surface area contributed by atoms with E-state index in [0.29, 0.717) is 17.3 Å². The summed E-state index contributed by atoms with van der Waals surface area (Å²) in [6.45, 7) is 0. The average molecular weight is 422 g/mol. The summed E-state index contributed by atoms with van der Waals surface area (Å²) in [6, 6.07) is 9.12. The van der Waals surface area contributed by atoms with E-state index in [9.17, 15) is 15.2 Å². The molecule has 1 saturated carbocycles. The maximum absolute atomic E-state index is 11.3. The van der Waals surface area contributed by atoms with Crippen molar-refractivity contribution in [2.75, 3.05) is 5.01 Å². The summed E-state index contributed by atoms with van der Waals surface area (Å²) in [5.41, 5.74) is 3.09. The zero-order valence-corrected chi connectivity index (χ0v) is 17.0. The molecule has 2 unspecified atom stereocenters. The molecule has 1 fully saturated rings. The number of carboxylic acid groups (broad SMARTS) is 1. The van der Waals surface area contributed by atoms with Gasteiger partial charge in [-0.1, -0.05) is 24.4 Å². The second-order valence-electron chi connectivity index (χ2n) is 8.13. The van der Waals surface area contributed by atoms with Crippen LogP contribution in [0.1, 0.15) is 59.4 Å². The average Bonchev–Trinajstić information content (AvgIpc) is 3.40. The maximum atomic E-state index is 11.3. The Morgan fingerprint density at radius 3 is 2.67 bits per heavy atom. The Morgan fingerprint density at radius 2 is 1.97 bits per heavy atom. The lowest BCUT2D eigenvalue weighted by Crippen LogP contribution is -2.41. The molecule has 1 N–H and O–H groups in total. The van der Waals surface area contributed by atoms with Crippen molar-refractivity contribution in [2.45, 2.75) is 44.6 Å². The van der Waals surface area contributed by atoms with Crippen LogP contribution in [0.4, 0.5) is 5.82 Å². The lowest BCUT2D eigenvalue weighted by Gasteiger charge is -2.33. The minimum atomic E-state index is -1.02. The van der Waals surface area contributed by atoms with Gasteiger partial charge >= 0.3 is 5.97 Å². The Kier molecular flexibility index (Phi) is 4.67. The first kappa shape index (κ1) is 19.0. The van der Waals surface area contributed by atoms with Crippen LogP contribution in [-0.4, -0.2) is 32.8 Å². The van der Waals surface area contributed by atoms with Crippen LogP contribution < -0.4 is 5.01 Å². The number of rotatable bonds is 3. The van der Waals surface area contributed by atoms with Crippen molar-refractivity contribution in [2.24, 2.45) is 16.9 Å². The number of nitriles is 1.